The first kappa shape index (κ1) is 17.0. The van der Waals surface area contributed by atoms with E-state index in [0.717, 1.165) is 21.9 Å². The van der Waals surface area contributed by atoms with E-state index in [9.17, 15) is 14.0 Å². The molecule has 0 amide bonds. The van der Waals surface area contributed by atoms with Crippen LogP contribution in [0.25, 0.3) is 0 Å². The van der Waals surface area contributed by atoms with Crippen molar-refractivity contribution >= 4 is 44.9 Å². The van der Waals surface area contributed by atoms with Gasteiger partial charge in [0.2, 0.25) is 5.82 Å². The Morgan fingerprint density at radius 1 is 1.46 bits per heavy atom. The molecule has 0 radical (unpaired) electrons. The highest BCUT2D eigenvalue weighted by molar-refractivity contribution is 9.10. The number of halogens is 3. The van der Waals surface area contributed by atoms with Crippen LogP contribution in [-0.4, -0.2) is 16.6 Å². The molecule has 1 aromatic heterocycles. The van der Waals surface area contributed by atoms with E-state index in [1.54, 1.807) is 18.2 Å². The Morgan fingerprint density at radius 2 is 2.17 bits per heavy atom. The van der Waals surface area contributed by atoms with Crippen molar-refractivity contribution in [2.24, 2.45) is 7.05 Å². The summed E-state index contributed by atoms with van der Waals surface area (Å²) in [5, 5.41) is 3.05. The van der Waals surface area contributed by atoms with Crippen molar-refractivity contribution in [3.63, 3.8) is 0 Å². The third-order valence-corrected chi connectivity index (χ3v) is 4.33. The van der Waals surface area contributed by atoms with E-state index in [4.69, 9.17) is 16.3 Å². The van der Waals surface area contributed by atoms with Crippen LogP contribution in [0.3, 0.4) is 0 Å². The van der Waals surface area contributed by atoms with E-state index in [-0.39, 0.29) is 17.4 Å². The number of nitrogens with one attached hydrogen (secondary N) is 1. The van der Waals surface area contributed by atoms with E-state index in [1.165, 1.54) is 13.2 Å². The highest BCUT2D eigenvalue weighted by Gasteiger charge is 2.29. The number of hydrogen-bond acceptors (Lipinski definition) is 4. The zero-order valence-electron chi connectivity index (χ0n) is 12.6. The maximum absolute atomic E-state index is 14.5. The molecular formula is C16H13BrClFN2O3. The van der Waals surface area contributed by atoms with E-state index < -0.39 is 17.3 Å². The van der Waals surface area contributed by atoms with Gasteiger partial charge in [0.15, 0.2) is 0 Å². The molecule has 1 aliphatic rings. The van der Waals surface area contributed by atoms with E-state index in [2.05, 4.69) is 21.2 Å². The molecule has 0 aliphatic heterocycles. The van der Waals surface area contributed by atoms with Crippen molar-refractivity contribution in [1.82, 2.24) is 4.57 Å². The van der Waals surface area contributed by atoms with Gasteiger partial charge in [-0.05, 0) is 31.0 Å². The van der Waals surface area contributed by atoms with Gasteiger partial charge in [0.1, 0.15) is 11.7 Å². The summed E-state index contributed by atoms with van der Waals surface area (Å²) < 4.78 is 21.5. The number of aromatic nitrogens is 1. The number of carbonyl (C=O) groups excluding carboxylic acids is 1. The van der Waals surface area contributed by atoms with Gasteiger partial charge in [-0.15, -0.1) is 0 Å². The molecule has 24 heavy (non-hydrogen) atoms. The van der Waals surface area contributed by atoms with Crippen LogP contribution in [0.1, 0.15) is 23.2 Å². The quantitative estimate of drug-likeness (QED) is 0.767. The number of aryl methyl sites for hydroxylation is 1. The molecule has 1 saturated carbocycles. The first-order chi connectivity index (χ1) is 11.4. The third-order valence-electron chi connectivity index (χ3n) is 3.53. The first-order valence-electron chi connectivity index (χ1n) is 7.19. The standard InChI is InChI=1S/C16H13BrClFN2O3/c1-21-7-10(16(23)24-9-3-4-9)14(13(19)15(21)22)20-12-5-2-8(17)6-11(12)18/h2,5-7,9,20H,3-4H2,1H3. The maximum Gasteiger partial charge on any atom is 0.342 e. The number of carbonyl (C=O) groups is 1. The zero-order valence-corrected chi connectivity index (χ0v) is 14.9. The maximum atomic E-state index is 14.5. The molecule has 0 spiro atoms. The summed E-state index contributed by atoms with van der Waals surface area (Å²) in [7, 11) is 1.37. The van der Waals surface area contributed by atoms with Gasteiger partial charge in [-0.1, -0.05) is 27.5 Å². The molecule has 1 N–H and O–H groups in total. The minimum atomic E-state index is -1.07. The number of benzene rings is 1. The fraction of sp³-hybridized carbons (Fsp3) is 0.250. The second-order valence-electron chi connectivity index (χ2n) is 5.50. The van der Waals surface area contributed by atoms with Crippen LogP contribution in [0.15, 0.2) is 33.7 Å². The van der Waals surface area contributed by atoms with Gasteiger partial charge in [-0.25, -0.2) is 4.79 Å². The molecule has 126 valence electrons. The minimum absolute atomic E-state index is 0.0551. The van der Waals surface area contributed by atoms with Gasteiger partial charge in [-0.3, -0.25) is 4.79 Å². The molecule has 2 aromatic rings. The summed E-state index contributed by atoms with van der Waals surface area (Å²) in [6.07, 6.45) is 2.70. The smallest absolute Gasteiger partial charge is 0.342 e. The number of pyridine rings is 1. The Morgan fingerprint density at radius 3 is 2.79 bits per heavy atom. The first-order valence-corrected chi connectivity index (χ1v) is 8.36. The predicted molar refractivity (Wildman–Crippen MR) is 92.5 cm³/mol. The summed E-state index contributed by atoms with van der Waals surface area (Å²) in [6, 6.07) is 4.93. The highest BCUT2D eigenvalue weighted by atomic mass is 79.9. The summed E-state index contributed by atoms with van der Waals surface area (Å²) in [6.45, 7) is 0. The SMILES string of the molecule is Cn1cc(C(=O)OC2CC2)c(Nc2ccc(Br)cc2Cl)c(F)c1=O. The lowest BCUT2D eigenvalue weighted by Gasteiger charge is -2.15. The van der Waals surface area contributed by atoms with Crippen LogP contribution in [0, 0.1) is 5.82 Å². The number of hydrogen-bond donors (Lipinski definition) is 1. The molecule has 1 aromatic carbocycles. The fourth-order valence-corrected chi connectivity index (χ4v) is 2.82. The molecular weight excluding hydrogens is 403 g/mol. The number of rotatable bonds is 4. The average Bonchev–Trinajstić information content (AvgIpc) is 3.33. The molecule has 0 saturated heterocycles. The van der Waals surface area contributed by atoms with E-state index in [1.807, 2.05) is 0 Å². The average molecular weight is 416 g/mol. The molecule has 8 heteroatoms. The number of esters is 1. The normalized spacial score (nSPS) is 13.7. The fourth-order valence-electron chi connectivity index (χ4n) is 2.10. The summed E-state index contributed by atoms with van der Waals surface area (Å²) in [4.78, 5) is 24.2. The monoisotopic (exact) mass is 414 g/mol. The Bertz CT molecular complexity index is 880. The largest absolute Gasteiger partial charge is 0.459 e. The molecule has 0 unspecified atom stereocenters. The van der Waals surface area contributed by atoms with Crippen LogP contribution in [0.5, 0.6) is 0 Å². The van der Waals surface area contributed by atoms with Crippen molar-refractivity contribution in [3.8, 4) is 0 Å². The van der Waals surface area contributed by atoms with Gasteiger partial charge >= 0.3 is 5.97 Å². The topological polar surface area (TPSA) is 60.3 Å². The van der Waals surface area contributed by atoms with Crippen LogP contribution in [0.2, 0.25) is 5.02 Å². The molecule has 1 aliphatic carbocycles. The van der Waals surface area contributed by atoms with Crippen LogP contribution in [-0.2, 0) is 11.8 Å². The summed E-state index contributed by atoms with van der Waals surface area (Å²) >= 11 is 9.39. The van der Waals surface area contributed by atoms with Gasteiger partial charge in [0.25, 0.3) is 5.56 Å². The lowest BCUT2D eigenvalue weighted by atomic mass is 10.2. The molecule has 0 bridgehead atoms. The van der Waals surface area contributed by atoms with E-state index in [0.29, 0.717) is 10.7 Å². The van der Waals surface area contributed by atoms with Crippen LogP contribution < -0.4 is 10.9 Å². The van der Waals surface area contributed by atoms with Crippen molar-refractivity contribution in [1.29, 1.82) is 0 Å². The molecule has 5 nitrogen and oxygen atoms in total. The van der Waals surface area contributed by atoms with Crippen molar-refractivity contribution in [3.05, 3.63) is 55.6 Å². The Hall–Kier alpha value is -1.86. The molecule has 1 fully saturated rings. The Labute approximate surface area is 150 Å². The summed E-state index contributed by atoms with van der Waals surface area (Å²) in [5.74, 6) is -1.75. The van der Waals surface area contributed by atoms with Crippen LogP contribution in [0.4, 0.5) is 15.8 Å². The Balaban J connectivity index is 2.05. The lowest BCUT2D eigenvalue weighted by Crippen LogP contribution is -2.25. The lowest BCUT2D eigenvalue weighted by molar-refractivity contribution is 0.0472. The van der Waals surface area contributed by atoms with Crippen molar-refractivity contribution in [2.75, 3.05) is 5.32 Å². The number of nitrogens with zero attached hydrogens (tertiary/aromatic N) is 1. The molecule has 3 rings (SSSR count). The van der Waals surface area contributed by atoms with Gasteiger partial charge in [-0.2, -0.15) is 4.39 Å². The summed E-state index contributed by atoms with van der Waals surface area (Å²) in [5.41, 5.74) is -0.783. The molecule has 1 heterocycles. The second-order valence-corrected chi connectivity index (χ2v) is 6.82. The minimum Gasteiger partial charge on any atom is -0.459 e. The Kier molecular flexibility index (Phi) is 4.64. The number of anilines is 2. The van der Waals surface area contributed by atoms with Crippen molar-refractivity contribution in [2.45, 2.75) is 18.9 Å². The third kappa shape index (κ3) is 3.47. The van der Waals surface area contributed by atoms with Crippen LogP contribution >= 0.6 is 27.5 Å². The van der Waals surface area contributed by atoms with Gasteiger partial charge in [0.05, 0.1) is 16.4 Å². The highest BCUT2D eigenvalue weighted by Crippen LogP contribution is 2.32. The number of ether oxygens (including phenoxy) is 1. The van der Waals surface area contributed by atoms with Gasteiger partial charge in [0, 0.05) is 17.7 Å². The molecule has 0 atom stereocenters. The van der Waals surface area contributed by atoms with E-state index >= 15 is 0 Å². The van der Waals surface area contributed by atoms with Crippen molar-refractivity contribution < 1.29 is 13.9 Å². The zero-order chi connectivity index (χ0) is 17.4. The van der Waals surface area contributed by atoms with Gasteiger partial charge < -0.3 is 14.6 Å². The predicted octanol–water partition coefficient (Wildman–Crippen LogP) is 4.00. The second kappa shape index (κ2) is 6.57.